The summed E-state index contributed by atoms with van der Waals surface area (Å²) in [6.07, 6.45) is 3.11. The number of benzene rings is 2. The van der Waals surface area contributed by atoms with E-state index in [1.165, 1.54) is 6.08 Å². The number of allylic oxidation sites excluding steroid dienone is 1. The molecule has 2 aromatic carbocycles. The number of nitrogens with zero attached hydrogens (tertiary/aromatic N) is 1. The SMILES string of the molecule is COc1cc(/C=C/C#N)c(Br)cc1OCc1ccccc1Cl. The summed E-state index contributed by atoms with van der Waals surface area (Å²) >= 11 is 9.58. The van der Waals surface area contributed by atoms with Crippen molar-refractivity contribution in [1.82, 2.24) is 0 Å². The third-order valence-electron chi connectivity index (χ3n) is 2.96. The van der Waals surface area contributed by atoms with Crippen LogP contribution in [-0.4, -0.2) is 7.11 Å². The minimum Gasteiger partial charge on any atom is -0.493 e. The maximum atomic E-state index is 8.62. The molecule has 0 aromatic heterocycles. The predicted molar refractivity (Wildman–Crippen MR) is 91.1 cm³/mol. The second kappa shape index (κ2) is 7.88. The summed E-state index contributed by atoms with van der Waals surface area (Å²) in [7, 11) is 1.57. The van der Waals surface area contributed by atoms with E-state index in [1.807, 2.05) is 36.4 Å². The standard InChI is InChI=1S/C17H13BrClNO2/c1-21-16-9-12(6-4-8-20)14(18)10-17(16)22-11-13-5-2-3-7-15(13)19/h2-7,9-10H,11H2,1H3/b6-4+. The first-order valence-electron chi connectivity index (χ1n) is 6.45. The molecule has 0 bridgehead atoms. The lowest BCUT2D eigenvalue weighted by Gasteiger charge is -2.13. The lowest BCUT2D eigenvalue weighted by Crippen LogP contribution is -1.99. The first kappa shape index (κ1) is 16.4. The first-order chi connectivity index (χ1) is 10.7. The summed E-state index contributed by atoms with van der Waals surface area (Å²) in [4.78, 5) is 0. The average Bonchev–Trinajstić information content (AvgIpc) is 2.53. The van der Waals surface area contributed by atoms with E-state index in [-0.39, 0.29) is 0 Å². The van der Waals surface area contributed by atoms with Gasteiger partial charge in [-0.1, -0.05) is 45.7 Å². The second-order valence-electron chi connectivity index (χ2n) is 4.37. The van der Waals surface area contributed by atoms with Gasteiger partial charge in [0.05, 0.1) is 13.2 Å². The van der Waals surface area contributed by atoms with E-state index < -0.39 is 0 Å². The molecule has 0 saturated carbocycles. The highest BCUT2D eigenvalue weighted by molar-refractivity contribution is 9.10. The molecule has 2 rings (SSSR count). The zero-order chi connectivity index (χ0) is 15.9. The fourth-order valence-corrected chi connectivity index (χ4v) is 2.49. The molecule has 0 aliphatic carbocycles. The van der Waals surface area contributed by atoms with Gasteiger partial charge in [0.2, 0.25) is 0 Å². The number of rotatable bonds is 5. The van der Waals surface area contributed by atoms with Gasteiger partial charge in [0, 0.05) is 21.1 Å². The van der Waals surface area contributed by atoms with Gasteiger partial charge < -0.3 is 9.47 Å². The molecule has 5 heteroatoms. The summed E-state index contributed by atoms with van der Waals surface area (Å²) < 4.78 is 12.0. The highest BCUT2D eigenvalue weighted by atomic mass is 79.9. The number of methoxy groups -OCH3 is 1. The Bertz CT molecular complexity index is 738. The number of nitriles is 1. The lowest BCUT2D eigenvalue weighted by atomic mass is 10.2. The number of ether oxygens (including phenoxy) is 2. The Labute approximate surface area is 142 Å². The third-order valence-corrected chi connectivity index (χ3v) is 4.02. The molecule has 0 aliphatic heterocycles. The topological polar surface area (TPSA) is 42.2 Å². The van der Waals surface area contributed by atoms with Crippen LogP contribution in [0.2, 0.25) is 5.02 Å². The number of hydrogen-bond acceptors (Lipinski definition) is 3. The van der Waals surface area contributed by atoms with E-state index in [0.29, 0.717) is 23.1 Å². The summed E-state index contributed by atoms with van der Waals surface area (Å²) in [5.74, 6) is 1.19. The van der Waals surface area contributed by atoms with Crippen LogP contribution in [0.4, 0.5) is 0 Å². The highest BCUT2D eigenvalue weighted by Gasteiger charge is 2.10. The van der Waals surface area contributed by atoms with Gasteiger partial charge in [-0.3, -0.25) is 0 Å². The molecule has 112 valence electrons. The summed E-state index contributed by atoms with van der Waals surface area (Å²) in [5, 5.41) is 9.28. The smallest absolute Gasteiger partial charge is 0.162 e. The van der Waals surface area contributed by atoms with Crippen LogP contribution in [0, 0.1) is 11.3 Å². The van der Waals surface area contributed by atoms with Crippen molar-refractivity contribution >= 4 is 33.6 Å². The normalized spacial score (nSPS) is 10.5. The van der Waals surface area contributed by atoms with E-state index in [4.69, 9.17) is 26.3 Å². The van der Waals surface area contributed by atoms with Gasteiger partial charge in [0.1, 0.15) is 6.61 Å². The molecule has 22 heavy (non-hydrogen) atoms. The van der Waals surface area contributed by atoms with Gasteiger partial charge in [-0.2, -0.15) is 5.26 Å². The Morgan fingerprint density at radius 1 is 1.27 bits per heavy atom. The number of halogens is 2. The van der Waals surface area contributed by atoms with Crippen LogP contribution >= 0.6 is 27.5 Å². The van der Waals surface area contributed by atoms with E-state index in [0.717, 1.165) is 15.6 Å². The summed E-state index contributed by atoms with van der Waals surface area (Å²) in [6.45, 7) is 0.343. The van der Waals surface area contributed by atoms with Crippen LogP contribution in [0.1, 0.15) is 11.1 Å². The first-order valence-corrected chi connectivity index (χ1v) is 7.62. The van der Waals surface area contributed by atoms with Crippen molar-refractivity contribution in [3.8, 4) is 17.6 Å². The van der Waals surface area contributed by atoms with Gasteiger partial charge >= 0.3 is 0 Å². The maximum absolute atomic E-state index is 8.62. The van der Waals surface area contributed by atoms with Crippen LogP contribution in [0.3, 0.4) is 0 Å². The van der Waals surface area contributed by atoms with Crippen LogP contribution in [-0.2, 0) is 6.61 Å². The Balaban J connectivity index is 2.24. The Kier molecular flexibility index (Phi) is 5.88. The molecule has 3 nitrogen and oxygen atoms in total. The average molecular weight is 379 g/mol. The van der Waals surface area contributed by atoms with Crippen LogP contribution in [0.15, 0.2) is 46.9 Å². The molecule has 0 unspecified atom stereocenters. The van der Waals surface area contributed by atoms with Crippen LogP contribution in [0.5, 0.6) is 11.5 Å². The number of hydrogen-bond donors (Lipinski definition) is 0. The van der Waals surface area contributed by atoms with Crippen molar-refractivity contribution in [2.24, 2.45) is 0 Å². The van der Waals surface area contributed by atoms with Crippen molar-refractivity contribution in [2.75, 3.05) is 7.11 Å². The molecule has 2 aromatic rings. The lowest BCUT2D eigenvalue weighted by molar-refractivity contribution is 0.284. The third kappa shape index (κ3) is 4.03. The Morgan fingerprint density at radius 3 is 2.73 bits per heavy atom. The fraction of sp³-hybridized carbons (Fsp3) is 0.118. The molecule has 0 N–H and O–H groups in total. The van der Waals surface area contributed by atoms with E-state index >= 15 is 0 Å². The molecule has 0 fully saturated rings. The molecule has 0 heterocycles. The summed E-state index contributed by atoms with van der Waals surface area (Å²) in [6, 6.07) is 13.1. The van der Waals surface area contributed by atoms with Gasteiger partial charge in [0.15, 0.2) is 11.5 Å². The molecular formula is C17H13BrClNO2. The molecule has 0 spiro atoms. The van der Waals surface area contributed by atoms with Crippen molar-refractivity contribution in [1.29, 1.82) is 5.26 Å². The summed E-state index contributed by atoms with van der Waals surface area (Å²) in [5.41, 5.74) is 1.74. The zero-order valence-corrected chi connectivity index (χ0v) is 14.2. The quantitative estimate of drug-likeness (QED) is 0.669. The van der Waals surface area contributed by atoms with Gasteiger partial charge in [0.25, 0.3) is 0 Å². The van der Waals surface area contributed by atoms with E-state index in [2.05, 4.69) is 15.9 Å². The molecule has 0 aliphatic rings. The monoisotopic (exact) mass is 377 g/mol. The van der Waals surface area contributed by atoms with Crippen molar-refractivity contribution < 1.29 is 9.47 Å². The molecular weight excluding hydrogens is 366 g/mol. The molecule has 0 atom stereocenters. The van der Waals surface area contributed by atoms with Crippen LogP contribution < -0.4 is 9.47 Å². The second-order valence-corrected chi connectivity index (χ2v) is 5.63. The molecule has 0 saturated heterocycles. The Hall–Kier alpha value is -1.96. The van der Waals surface area contributed by atoms with Crippen molar-refractivity contribution in [3.63, 3.8) is 0 Å². The van der Waals surface area contributed by atoms with Crippen molar-refractivity contribution in [3.05, 3.63) is 63.1 Å². The molecule has 0 radical (unpaired) electrons. The van der Waals surface area contributed by atoms with Gasteiger partial charge in [-0.15, -0.1) is 0 Å². The Morgan fingerprint density at radius 2 is 2.05 bits per heavy atom. The van der Waals surface area contributed by atoms with E-state index in [9.17, 15) is 0 Å². The predicted octanol–water partition coefficient (Wildman–Crippen LogP) is 5.23. The molecule has 0 amide bonds. The van der Waals surface area contributed by atoms with Gasteiger partial charge in [-0.25, -0.2) is 0 Å². The minimum atomic E-state index is 0.343. The zero-order valence-electron chi connectivity index (χ0n) is 11.8. The maximum Gasteiger partial charge on any atom is 0.162 e. The van der Waals surface area contributed by atoms with Crippen LogP contribution in [0.25, 0.3) is 6.08 Å². The fourth-order valence-electron chi connectivity index (χ4n) is 1.85. The van der Waals surface area contributed by atoms with E-state index in [1.54, 1.807) is 19.3 Å². The van der Waals surface area contributed by atoms with Crippen molar-refractivity contribution in [2.45, 2.75) is 6.61 Å². The highest BCUT2D eigenvalue weighted by Crippen LogP contribution is 2.35. The minimum absolute atomic E-state index is 0.343. The van der Waals surface area contributed by atoms with Gasteiger partial charge in [-0.05, 0) is 29.8 Å². The largest absolute Gasteiger partial charge is 0.493 e.